The van der Waals surface area contributed by atoms with Gasteiger partial charge in [0.1, 0.15) is 12.2 Å². The lowest BCUT2D eigenvalue weighted by atomic mass is 10.2. The Bertz CT molecular complexity index is 681. The molecule has 2 rings (SSSR count). The zero-order chi connectivity index (χ0) is 15.6. The van der Waals surface area contributed by atoms with E-state index in [4.69, 9.17) is 5.11 Å². The number of nitrogens with zero attached hydrogens (tertiary/aromatic N) is 1. The molecule has 0 aliphatic heterocycles. The highest BCUT2D eigenvalue weighted by Crippen LogP contribution is 2.21. The predicted octanol–water partition coefficient (Wildman–Crippen LogP) is 3.26. The lowest BCUT2D eigenvalue weighted by Crippen LogP contribution is -2.42. The lowest BCUT2D eigenvalue weighted by Gasteiger charge is -2.26. The number of aromatic amines is 1. The van der Waals surface area contributed by atoms with Crippen LogP contribution in [0.3, 0.4) is 0 Å². The van der Waals surface area contributed by atoms with Crippen LogP contribution < -0.4 is 0 Å². The van der Waals surface area contributed by atoms with Crippen LogP contribution >= 0.6 is 15.9 Å². The number of halogens is 1. The molecule has 1 atom stereocenters. The van der Waals surface area contributed by atoms with Crippen LogP contribution in [0.2, 0.25) is 0 Å². The van der Waals surface area contributed by atoms with Gasteiger partial charge in [-0.3, -0.25) is 9.59 Å². The Morgan fingerprint density at radius 1 is 1.38 bits per heavy atom. The topological polar surface area (TPSA) is 73.4 Å². The number of aromatic nitrogens is 1. The van der Waals surface area contributed by atoms with Gasteiger partial charge in [0.2, 0.25) is 0 Å². The first-order valence-corrected chi connectivity index (χ1v) is 7.52. The number of aliphatic carboxylic acids is 1. The molecule has 1 unspecified atom stereocenters. The van der Waals surface area contributed by atoms with Crippen LogP contribution in [-0.4, -0.2) is 39.5 Å². The van der Waals surface area contributed by atoms with Gasteiger partial charge in [0, 0.05) is 21.4 Å². The van der Waals surface area contributed by atoms with E-state index in [1.807, 2.05) is 32.0 Å². The maximum absolute atomic E-state index is 12.6. The molecule has 0 spiro atoms. The Hall–Kier alpha value is -1.82. The van der Waals surface area contributed by atoms with Crippen molar-refractivity contribution in [3.05, 3.63) is 34.4 Å². The fourth-order valence-corrected chi connectivity index (χ4v) is 2.52. The van der Waals surface area contributed by atoms with E-state index in [1.54, 1.807) is 6.07 Å². The third-order valence-electron chi connectivity index (χ3n) is 3.50. The van der Waals surface area contributed by atoms with Crippen molar-refractivity contribution < 1.29 is 14.7 Å². The second kappa shape index (κ2) is 6.30. The summed E-state index contributed by atoms with van der Waals surface area (Å²) in [6, 6.07) is 7.30. The number of fused-ring (bicyclic) bond motifs is 1. The number of carboxylic acid groups (broad SMARTS) is 1. The van der Waals surface area contributed by atoms with Crippen LogP contribution in [0.1, 0.15) is 30.8 Å². The summed E-state index contributed by atoms with van der Waals surface area (Å²) in [5.74, 6) is -1.30. The lowest BCUT2D eigenvalue weighted by molar-refractivity contribution is -0.138. The molecule has 0 bridgehead atoms. The van der Waals surface area contributed by atoms with Crippen LogP contribution in [0, 0.1) is 0 Å². The molecule has 21 heavy (non-hydrogen) atoms. The normalized spacial score (nSPS) is 12.3. The number of amides is 1. The maximum atomic E-state index is 12.6. The number of carbonyl (C=O) groups is 2. The Labute approximate surface area is 131 Å². The van der Waals surface area contributed by atoms with E-state index in [0.29, 0.717) is 12.1 Å². The standard InChI is InChI=1S/C15H17BrN2O3/c1-3-9(2)18(8-14(19)20)15(21)13-6-10-4-5-11(16)7-12(10)17-13/h4-7,9,17H,3,8H2,1-2H3,(H,19,20). The van der Waals surface area contributed by atoms with Crippen molar-refractivity contribution in [1.29, 1.82) is 0 Å². The van der Waals surface area contributed by atoms with Crippen LogP contribution in [-0.2, 0) is 4.79 Å². The molecule has 2 aromatic rings. The SMILES string of the molecule is CCC(C)N(CC(=O)O)C(=O)c1cc2ccc(Br)cc2[nH]1. The van der Waals surface area contributed by atoms with E-state index >= 15 is 0 Å². The van der Waals surface area contributed by atoms with E-state index in [-0.39, 0.29) is 18.5 Å². The summed E-state index contributed by atoms with van der Waals surface area (Å²) in [5.41, 5.74) is 1.25. The maximum Gasteiger partial charge on any atom is 0.323 e. The van der Waals surface area contributed by atoms with Gasteiger partial charge in [-0.05, 0) is 31.5 Å². The van der Waals surface area contributed by atoms with Crippen LogP contribution in [0.4, 0.5) is 0 Å². The third kappa shape index (κ3) is 3.44. The minimum Gasteiger partial charge on any atom is -0.480 e. The van der Waals surface area contributed by atoms with E-state index in [9.17, 15) is 9.59 Å². The number of carboxylic acids is 1. The van der Waals surface area contributed by atoms with Crippen LogP contribution in [0.15, 0.2) is 28.7 Å². The number of benzene rings is 1. The van der Waals surface area contributed by atoms with Crippen molar-refractivity contribution in [2.45, 2.75) is 26.3 Å². The largest absolute Gasteiger partial charge is 0.480 e. The van der Waals surface area contributed by atoms with Gasteiger partial charge in [0.05, 0.1) is 0 Å². The molecule has 1 aromatic carbocycles. The van der Waals surface area contributed by atoms with Crippen molar-refractivity contribution in [1.82, 2.24) is 9.88 Å². The van der Waals surface area contributed by atoms with Gasteiger partial charge < -0.3 is 15.0 Å². The summed E-state index contributed by atoms with van der Waals surface area (Å²) >= 11 is 3.38. The molecule has 112 valence electrons. The monoisotopic (exact) mass is 352 g/mol. The molecule has 6 heteroatoms. The number of nitrogens with one attached hydrogen (secondary N) is 1. The summed E-state index contributed by atoms with van der Waals surface area (Å²) in [6.07, 6.45) is 0.699. The molecule has 0 aliphatic carbocycles. The Balaban J connectivity index is 2.35. The summed E-state index contributed by atoms with van der Waals surface area (Å²) in [5, 5.41) is 9.91. The molecule has 0 radical (unpaired) electrons. The van der Waals surface area contributed by atoms with E-state index < -0.39 is 5.97 Å². The van der Waals surface area contributed by atoms with Gasteiger partial charge in [-0.2, -0.15) is 0 Å². The zero-order valence-electron chi connectivity index (χ0n) is 11.9. The van der Waals surface area contributed by atoms with Gasteiger partial charge in [-0.1, -0.05) is 28.9 Å². The van der Waals surface area contributed by atoms with Gasteiger partial charge in [-0.25, -0.2) is 0 Å². The number of H-pyrrole nitrogens is 1. The molecular formula is C15H17BrN2O3. The molecule has 1 aromatic heterocycles. The molecule has 0 saturated carbocycles. The minimum absolute atomic E-state index is 0.133. The van der Waals surface area contributed by atoms with Crippen LogP contribution in [0.25, 0.3) is 10.9 Å². The Morgan fingerprint density at radius 2 is 2.10 bits per heavy atom. The molecule has 0 fully saturated rings. The van der Waals surface area contributed by atoms with Gasteiger partial charge in [0.25, 0.3) is 5.91 Å². The first kappa shape index (κ1) is 15.6. The van der Waals surface area contributed by atoms with Crippen molar-refractivity contribution in [3.8, 4) is 0 Å². The van der Waals surface area contributed by atoms with E-state index in [0.717, 1.165) is 15.4 Å². The quantitative estimate of drug-likeness (QED) is 0.867. The molecule has 2 N–H and O–H groups in total. The van der Waals surface area contributed by atoms with E-state index in [1.165, 1.54) is 4.90 Å². The fourth-order valence-electron chi connectivity index (χ4n) is 2.16. The number of hydrogen-bond donors (Lipinski definition) is 2. The Morgan fingerprint density at radius 3 is 2.71 bits per heavy atom. The number of carbonyl (C=O) groups excluding carboxylic acids is 1. The first-order valence-electron chi connectivity index (χ1n) is 6.73. The highest BCUT2D eigenvalue weighted by Gasteiger charge is 2.24. The van der Waals surface area contributed by atoms with Gasteiger partial charge >= 0.3 is 5.97 Å². The highest BCUT2D eigenvalue weighted by atomic mass is 79.9. The predicted molar refractivity (Wildman–Crippen MR) is 84.4 cm³/mol. The molecule has 0 aliphatic rings. The van der Waals surface area contributed by atoms with E-state index in [2.05, 4.69) is 20.9 Å². The summed E-state index contributed by atoms with van der Waals surface area (Å²) in [4.78, 5) is 28.0. The highest BCUT2D eigenvalue weighted by molar-refractivity contribution is 9.10. The zero-order valence-corrected chi connectivity index (χ0v) is 13.5. The van der Waals surface area contributed by atoms with Crippen LogP contribution in [0.5, 0.6) is 0 Å². The number of hydrogen-bond acceptors (Lipinski definition) is 2. The molecule has 1 heterocycles. The van der Waals surface area contributed by atoms with Crippen molar-refractivity contribution in [3.63, 3.8) is 0 Å². The van der Waals surface area contributed by atoms with Crippen molar-refractivity contribution >= 4 is 38.7 Å². The summed E-state index contributed by atoms with van der Waals surface area (Å²) in [7, 11) is 0. The third-order valence-corrected chi connectivity index (χ3v) is 4.00. The molecular weight excluding hydrogens is 336 g/mol. The molecule has 5 nitrogen and oxygen atoms in total. The number of rotatable bonds is 5. The van der Waals surface area contributed by atoms with Gasteiger partial charge in [-0.15, -0.1) is 0 Å². The molecule has 1 amide bonds. The molecule has 0 saturated heterocycles. The summed E-state index contributed by atoms with van der Waals surface area (Å²) in [6.45, 7) is 3.47. The second-order valence-electron chi connectivity index (χ2n) is 5.00. The second-order valence-corrected chi connectivity index (χ2v) is 5.91. The van der Waals surface area contributed by atoms with Crippen molar-refractivity contribution in [2.75, 3.05) is 6.54 Å². The minimum atomic E-state index is -1.01. The fraction of sp³-hybridized carbons (Fsp3) is 0.333. The van der Waals surface area contributed by atoms with Gasteiger partial charge in [0.15, 0.2) is 0 Å². The average Bonchev–Trinajstić information content (AvgIpc) is 2.85. The smallest absolute Gasteiger partial charge is 0.323 e. The average molecular weight is 353 g/mol. The summed E-state index contributed by atoms with van der Waals surface area (Å²) < 4.78 is 0.917. The Kier molecular flexibility index (Phi) is 4.67. The first-order chi connectivity index (χ1) is 9.92. The van der Waals surface area contributed by atoms with Crippen molar-refractivity contribution in [2.24, 2.45) is 0 Å².